The van der Waals surface area contributed by atoms with Crippen molar-refractivity contribution in [2.45, 2.75) is 39.5 Å². The standard InChI is InChI=1S/C17H23NO3S/c1-11(2)8-13-10-22-16(15(13)17(20)21-3)18-14(19)9-12-6-4-5-7-12/h4,6,10-12H,5,7-9H2,1-3H3,(H,18,19). The molecule has 0 radical (unpaired) electrons. The van der Waals surface area contributed by atoms with Gasteiger partial charge in [-0.05, 0) is 42.0 Å². The summed E-state index contributed by atoms with van der Waals surface area (Å²) in [6, 6.07) is 0. The summed E-state index contributed by atoms with van der Waals surface area (Å²) >= 11 is 1.40. The number of esters is 1. The quantitative estimate of drug-likeness (QED) is 0.636. The molecule has 0 saturated carbocycles. The van der Waals surface area contributed by atoms with Crippen molar-refractivity contribution in [3.8, 4) is 0 Å². The molecule has 0 aromatic carbocycles. The molecule has 1 N–H and O–H groups in total. The Balaban J connectivity index is 2.11. The largest absolute Gasteiger partial charge is 0.465 e. The molecule has 22 heavy (non-hydrogen) atoms. The first-order valence-corrected chi connectivity index (χ1v) is 8.54. The van der Waals surface area contributed by atoms with E-state index in [1.54, 1.807) is 0 Å². The Bertz CT molecular complexity index is 574. The highest BCUT2D eigenvalue weighted by Gasteiger charge is 2.22. The predicted octanol–water partition coefficient (Wildman–Crippen LogP) is 4.03. The summed E-state index contributed by atoms with van der Waals surface area (Å²) in [5.41, 5.74) is 1.46. The van der Waals surface area contributed by atoms with Crippen molar-refractivity contribution >= 4 is 28.2 Å². The van der Waals surface area contributed by atoms with Crippen molar-refractivity contribution in [1.82, 2.24) is 0 Å². The average Bonchev–Trinajstić information content (AvgIpc) is 3.08. The summed E-state index contributed by atoms with van der Waals surface area (Å²) < 4.78 is 4.88. The van der Waals surface area contributed by atoms with Gasteiger partial charge in [0.2, 0.25) is 5.91 Å². The van der Waals surface area contributed by atoms with E-state index in [1.165, 1.54) is 18.4 Å². The molecule has 1 aliphatic carbocycles. The Morgan fingerprint density at radius 1 is 1.45 bits per heavy atom. The van der Waals surface area contributed by atoms with Crippen LogP contribution in [-0.4, -0.2) is 19.0 Å². The minimum atomic E-state index is -0.382. The Morgan fingerprint density at radius 3 is 2.82 bits per heavy atom. The van der Waals surface area contributed by atoms with E-state index < -0.39 is 0 Å². The fourth-order valence-corrected chi connectivity index (χ4v) is 3.66. The zero-order chi connectivity index (χ0) is 16.1. The summed E-state index contributed by atoms with van der Waals surface area (Å²) in [6.45, 7) is 4.20. The van der Waals surface area contributed by atoms with Crippen molar-refractivity contribution < 1.29 is 14.3 Å². The number of allylic oxidation sites excluding steroid dienone is 2. The van der Waals surface area contributed by atoms with Crippen LogP contribution in [0.25, 0.3) is 0 Å². The minimum absolute atomic E-state index is 0.0420. The molecule has 1 atom stereocenters. The molecular weight excluding hydrogens is 298 g/mol. The molecule has 4 nitrogen and oxygen atoms in total. The molecule has 1 aromatic heterocycles. The molecule has 1 heterocycles. The first kappa shape index (κ1) is 16.7. The molecule has 120 valence electrons. The highest BCUT2D eigenvalue weighted by Crippen LogP contribution is 2.31. The maximum Gasteiger partial charge on any atom is 0.341 e. The predicted molar refractivity (Wildman–Crippen MR) is 89.3 cm³/mol. The second-order valence-electron chi connectivity index (χ2n) is 6.07. The topological polar surface area (TPSA) is 55.4 Å². The van der Waals surface area contributed by atoms with E-state index in [0.29, 0.717) is 28.8 Å². The molecule has 0 aliphatic heterocycles. The Hall–Kier alpha value is -1.62. The van der Waals surface area contributed by atoms with E-state index in [1.807, 2.05) is 5.38 Å². The van der Waals surface area contributed by atoms with Crippen LogP contribution in [0.15, 0.2) is 17.5 Å². The SMILES string of the molecule is COC(=O)c1c(CC(C)C)csc1NC(=O)CC1C=CCC1. The lowest BCUT2D eigenvalue weighted by Gasteiger charge is -2.10. The number of methoxy groups -OCH3 is 1. The average molecular weight is 321 g/mol. The number of amides is 1. The monoisotopic (exact) mass is 321 g/mol. The second-order valence-corrected chi connectivity index (χ2v) is 6.95. The molecule has 5 heteroatoms. The lowest BCUT2D eigenvalue weighted by Crippen LogP contribution is -2.16. The minimum Gasteiger partial charge on any atom is -0.465 e. The van der Waals surface area contributed by atoms with Gasteiger partial charge in [-0.25, -0.2) is 4.79 Å². The number of anilines is 1. The van der Waals surface area contributed by atoms with Gasteiger partial charge in [-0.3, -0.25) is 4.79 Å². The van der Waals surface area contributed by atoms with Gasteiger partial charge in [-0.1, -0.05) is 26.0 Å². The van der Waals surface area contributed by atoms with Gasteiger partial charge in [0.25, 0.3) is 0 Å². The van der Waals surface area contributed by atoms with Crippen LogP contribution in [0.4, 0.5) is 5.00 Å². The number of nitrogens with one attached hydrogen (secondary N) is 1. The first-order chi connectivity index (χ1) is 10.5. The molecule has 1 amide bonds. The lowest BCUT2D eigenvalue weighted by atomic mass is 10.0. The number of carbonyl (C=O) groups is 2. The zero-order valence-electron chi connectivity index (χ0n) is 13.3. The number of hydrogen-bond acceptors (Lipinski definition) is 4. The first-order valence-electron chi connectivity index (χ1n) is 7.66. The van der Waals surface area contributed by atoms with Crippen LogP contribution >= 0.6 is 11.3 Å². The van der Waals surface area contributed by atoms with Crippen molar-refractivity contribution in [3.63, 3.8) is 0 Å². The van der Waals surface area contributed by atoms with Crippen molar-refractivity contribution in [2.24, 2.45) is 11.8 Å². The van der Waals surface area contributed by atoms with Gasteiger partial charge in [-0.2, -0.15) is 0 Å². The van der Waals surface area contributed by atoms with Crippen LogP contribution in [0.1, 0.15) is 49.0 Å². The van der Waals surface area contributed by atoms with Crippen molar-refractivity contribution in [2.75, 3.05) is 12.4 Å². The molecule has 0 saturated heterocycles. The van der Waals surface area contributed by atoms with Crippen LogP contribution < -0.4 is 5.32 Å². The molecule has 0 fully saturated rings. The zero-order valence-corrected chi connectivity index (χ0v) is 14.2. The highest BCUT2D eigenvalue weighted by molar-refractivity contribution is 7.15. The van der Waals surface area contributed by atoms with Gasteiger partial charge in [0.1, 0.15) is 5.00 Å². The summed E-state index contributed by atoms with van der Waals surface area (Å²) in [5.74, 6) is 0.328. The van der Waals surface area contributed by atoms with Crippen LogP contribution in [0, 0.1) is 11.8 Å². The van der Waals surface area contributed by atoms with E-state index in [0.717, 1.165) is 24.8 Å². The number of hydrogen-bond donors (Lipinski definition) is 1. The van der Waals surface area contributed by atoms with Crippen molar-refractivity contribution in [3.05, 3.63) is 28.7 Å². The van der Waals surface area contributed by atoms with Crippen LogP contribution in [-0.2, 0) is 16.0 Å². The lowest BCUT2D eigenvalue weighted by molar-refractivity contribution is -0.116. The van der Waals surface area contributed by atoms with Gasteiger partial charge in [0.15, 0.2) is 0 Å². The van der Waals surface area contributed by atoms with Gasteiger partial charge in [0.05, 0.1) is 12.7 Å². The molecule has 1 unspecified atom stereocenters. The van der Waals surface area contributed by atoms with Crippen molar-refractivity contribution in [1.29, 1.82) is 0 Å². The number of ether oxygens (including phenoxy) is 1. The Labute approximate surface area is 135 Å². The molecular formula is C17H23NO3S. The van der Waals surface area contributed by atoms with Gasteiger partial charge in [0, 0.05) is 6.42 Å². The molecule has 0 bridgehead atoms. The summed E-state index contributed by atoms with van der Waals surface area (Å²) in [4.78, 5) is 24.2. The molecule has 2 rings (SSSR count). The van der Waals surface area contributed by atoms with Gasteiger partial charge in [-0.15, -0.1) is 11.3 Å². The van der Waals surface area contributed by atoms with E-state index in [-0.39, 0.29) is 11.9 Å². The third-order valence-electron chi connectivity index (χ3n) is 3.70. The van der Waals surface area contributed by atoms with E-state index >= 15 is 0 Å². The van der Waals surface area contributed by atoms with E-state index in [2.05, 4.69) is 31.3 Å². The molecule has 1 aliphatic rings. The Morgan fingerprint density at radius 2 is 2.23 bits per heavy atom. The number of carbonyl (C=O) groups excluding carboxylic acids is 2. The smallest absolute Gasteiger partial charge is 0.341 e. The van der Waals surface area contributed by atoms with Gasteiger partial charge >= 0.3 is 5.97 Å². The normalized spacial score (nSPS) is 17.0. The summed E-state index contributed by atoms with van der Waals surface area (Å²) in [7, 11) is 1.37. The van der Waals surface area contributed by atoms with E-state index in [9.17, 15) is 9.59 Å². The highest BCUT2D eigenvalue weighted by atomic mass is 32.1. The third kappa shape index (κ3) is 4.19. The van der Waals surface area contributed by atoms with Crippen LogP contribution in [0.3, 0.4) is 0 Å². The van der Waals surface area contributed by atoms with Crippen LogP contribution in [0.2, 0.25) is 0 Å². The molecule has 1 aromatic rings. The van der Waals surface area contributed by atoms with Gasteiger partial charge < -0.3 is 10.1 Å². The fraction of sp³-hybridized carbons (Fsp3) is 0.529. The maximum atomic E-state index is 12.2. The van der Waals surface area contributed by atoms with Crippen LogP contribution in [0.5, 0.6) is 0 Å². The summed E-state index contributed by atoms with van der Waals surface area (Å²) in [5, 5.41) is 5.44. The number of thiophene rings is 1. The Kier molecular flexibility index (Phi) is 5.77. The number of rotatable bonds is 6. The third-order valence-corrected chi connectivity index (χ3v) is 4.64. The maximum absolute atomic E-state index is 12.2. The second kappa shape index (κ2) is 7.58. The van der Waals surface area contributed by atoms with E-state index in [4.69, 9.17) is 4.74 Å². The summed E-state index contributed by atoms with van der Waals surface area (Å²) in [6.07, 6.45) is 7.54. The molecule has 0 spiro atoms. The fourth-order valence-electron chi connectivity index (χ4n) is 2.68.